The lowest BCUT2D eigenvalue weighted by Crippen LogP contribution is -2.13. The van der Waals surface area contributed by atoms with Gasteiger partial charge in [0.15, 0.2) is 5.76 Å². The van der Waals surface area contributed by atoms with Gasteiger partial charge in [0.2, 0.25) is 5.78 Å². The molecule has 11 heavy (non-hydrogen) atoms. The highest BCUT2D eigenvalue weighted by Crippen LogP contribution is 2.22. The molecule has 0 amide bonds. The van der Waals surface area contributed by atoms with E-state index in [4.69, 9.17) is 9.47 Å². The van der Waals surface area contributed by atoms with Gasteiger partial charge < -0.3 is 9.47 Å². The van der Waals surface area contributed by atoms with Crippen molar-refractivity contribution in [3.8, 4) is 0 Å². The zero-order chi connectivity index (χ0) is 8.27. The first-order chi connectivity index (χ1) is 5.29. The Kier molecular flexibility index (Phi) is 2.52. The first-order valence-electron chi connectivity index (χ1n) is 3.64. The van der Waals surface area contributed by atoms with Gasteiger partial charge in [-0.3, -0.25) is 4.79 Å². The summed E-state index contributed by atoms with van der Waals surface area (Å²) in [6, 6.07) is 0. The van der Waals surface area contributed by atoms with Gasteiger partial charge in [-0.1, -0.05) is 0 Å². The summed E-state index contributed by atoms with van der Waals surface area (Å²) in [4.78, 5) is 11.1. The highest BCUT2D eigenvalue weighted by molar-refractivity contribution is 5.94. The van der Waals surface area contributed by atoms with E-state index < -0.39 is 0 Å². The molecule has 0 atom stereocenters. The van der Waals surface area contributed by atoms with Crippen molar-refractivity contribution in [2.24, 2.45) is 0 Å². The average Bonchev–Trinajstić information content (AvgIpc) is 2.04. The lowest BCUT2D eigenvalue weighted by atomic mass is 10.0. The highest BCUT2D eigenvalue weighted by atomic mass is 16.5. The number of carbonyl (C=O) groups is 1. The van der Waals surface area contributed by atoms with E-state index in [9.17, 15) is 4.79 Å². The van der Waals surface area contributed by atoms with Crippen molar-refractivity contribution in [2.45, 2.75) is 19.3 Å². The molecule has 0 bridgehead atoms. The molecular weight excluding hydrogens is 144 g/mol. The molecule has 0 aliphatic heterocycles. The zero-order valence-electron chi connectivity index (χ0n) is 6.85. The van der Waals surface area contributed by atoms with Crippen LogP contribution in [0.2, 0.25) is 0 Å². The monoisotopic (exact) mass is 156 g/mol. The van der Waals surface area contributed by atoms with E-state index in [0.717, 1.165) is 12.8 Å². The van der Waals surface area contributed by atoms with Crippen LogP contribution in [-0.4, -0.2) is 20.0 Å². The molecule has 1 aliphatic rings. The minimum Gasteiger partial charge on any atom is -0.497 e. The fraction of sp³-hybridized carbons (Fsp3) is 0.625. The van der Waals surface area contributed by atoms with Gasteiger partial charge in [-0.15, -0.1) is 0 Å². The van der Waals surface area contributed by atoms with Gasteiger partial charge in [0.25, 0.3) is 0 Å². The van der Waals surface area contributed by atoms with Crippen molar-refractivity contribution in [1.82, 2.24) is 0 Å². The number of ketones is 1. The number of methoxy groups -OCH3 is 2. The first-order valence-corrected chi connectivity index (χ1v) is 3.64. The van der Waals surface area contributed by atoms with E-state index >= 15 is 0 Å². The Labute approximate surface area is 66.0 Å². The minimum absolute atomic E-state index is 0.0515. The number of Topliss-reactive ketones (excluding diaryl/α,β-unsaturated/α-hetero) is 1. The molecule has 0 aromatic rings. The summed E-state index contributed by atoms with van der Waals surface area (Å²) < 4.78 is 9.91. The van der Waals surface area contributed by atoms with Crippen molar-refractivity contribution < 1.29 is 14.3 Å². The second kappa shape index (κ2) is 3.42. The molecule has 0 fully saturated rings. The Balaban J connectivity index is 2.86. The van der Waals surface area contributed by atoms with Crippen LogP contribution in [0.25, 0.3) is 0 Å². The van der Waals surface area contributed by atoms with Crippen molar-refractivity contribution in [3.05, 3.63) is 11.5 Å². The molecule has 1 rings (SSSR count). The van der Waals surface area contributed by atoms with Crippen molar-refractivity contribution in [1.29, 1.82) is 0 Å². The summed E-state index contributed by atoms with van der Waals surface area (Å²) >= 11 is 0. The Morgan fingerprint density at radius 1 is 1.18 bits per heavy atom. The number of allylic oxidation sites excluding steroid dienone is 2. The van der Waals surface area contributed by atoms with Gasteiger partial charge in [0.05, 0.1) is 14.2 Å². The normalized spacial score (nSPS) is 18.5. The van der Waals surface area contributed by atoms with Crippen LogP contribution in [0.1, 0.15) is 19.3 Å². The number of rotatable bonds is 2. The Bertz CT molecular complexity index is 194. The second-order valence-corrected chi connectivity index (χ2v) is 2.44. The molecule has 62 valence electrons. The third kappa shape index (κ3) is 1.53. The maximum absolute atomic E-state index is 11.1. The number of hydrogen-bond donors (Lipinski definition) is 0. The molecule has 0 saturated carbocycles. The molecule has 0 N–H and O–H groups in total. The molecule has 0 aromatic carbocycles. The Morgan fingerprint density at radius 3 is 2.36 bits per heavy atom. The third-order valence-electron chi connectivity index (χ3n) is 1.76. The quantitative estimate of drug-likeness (QED) is 0.603. The molecule has 3 nitrogen and oxygen atoms in total. The molecule has 1 aliphatic carbocycles. The fourth-order valence-electron chi connectivity index (χ4n) is 1.21. The number of hydrogen-bond acceptors (Lipinski definition) is 3. The van der Waals surface area contributed by atoms with E-state index in [0.29, 0.717) is 17.9 Å². The molecule has 0 unspecified atom stereocenters. The summed E-state index contributed by atoms with van der Waals surface area (Å²) in [6.07, 6.45) is 2.26. The van der Waals surface area contributed by atoms with Crippen LogP contribution in [0.3, 0.4) is 0 Å². The molecule has 0 saturated heterocycles. The maximum Gasteiger partial charge on any atom is 0.200 e. The Hall–Kier alpha value is -0.990. The smallest absolute Gasteiger partial charge is 0.200 e. The van der Waals surface area contributed by atoms with Crippen LogP contribution < -0.4 is 0 Å². The van der Waals surface area contributed by atoms with Crippen LogP contribution in [0.4, 0.5) is 0 Å². The highest BCUT2D eigenvalue weighted by Gasteiger charge is 2.21. The van der Waals surface area contributed by atoms with Gasteiger partial charge >= 0.3 is 0 Å². The predicted molar refractivity (Wildman–Crippen MR) is 39.9 cm³/mol. The molecule has 0 radical (unpaired) electrons. The molecule has 0 heterocycles. The maximum atomic E-state index is 11.1. The molecular formula is C8H12O3. The largest absolute Gasteiger partial charge is 0.497 e. The topological polar surface area (TPSA) is 35.5 Å². The van der Waals surface area contributed by atoms with Crippen LogP contribution in [-0.2, 0) is 14.3 Å². The summed E-state index contributed by atoms with van der Waals surface area (Å²) in [5.74, 6) is 1.14. The van der Waals surface area contributed by atoms with Gasteiger partial charge in [-0.2, -0.15) is 0 Å². The van der Waals surface area contributed by atoms with E-state index in [2.05, 4.69) is 0 Å². The fourth-order valence-corrected chi connectivity index (χ4v) is 1.21. The van der Waals surface area contributed by atoms with Gasteiger partial charge in [-0.25, -0.2) is 0 Å². The van der Waals surface area contributed by atoms with Crippen LogP contribution in [0, 0.1) is 0 Å². The van der Waals surface area contributed by atoms with Crippen molar-refractivity contribution in [2.75, 3.05) is 14.2 Å². The van der Waals surface area contributed by atoms with Gasteiger partial charge in [0, 0.05) is 12.8 Å². The van der Waals surface area contributed by atoms with Crippen molar-refractivity contribution in [3.63, 3.8) is 0 Å². The van der Waals surface area contributed by atoms with E-state index in [-0.39, 0.29) is 5.78 Å². The first kappa shape index (κ1) is 8.11. The van der Waals surface area contributed by atoms with Crippen LogP contribution >= 0.6 is 0 Å². The van der Waals surface area contributed by atoms with E-state index in [1.54, 1.807) is 7.11 Å². The van der Waals surface area contributed by atoms with Gasteiger partial charge in [0.1, 0.15) is 5.76 Å². The third-order valence-corrected chi connectivity index (χ3v) is 1.76. The SMILES string of the molecule is COC1=C(OC)C(=O)CCC1. The Morgan fingerprint density at radius 2 is 1.91 bits per heavy atom. The summed E-state index contributed by atoms with van der Waals surface area (Å²) in [5, 5.41) is 0. The standard InChI is InChI=1S/C8H12O3/c1-10-7-5-3-4-6(9)8(7)11-2/h3-5H2,1-2H3. The lowest BCUT2D eigenvalue weighted by Gasteiger charge is -2.16. The van der Waals surface area contributed by atoms with E-state index in [1.807, 2.05) is 0 Å². The number of ether oxygens (including phenoxy) is 2. The van der Waals surface area contributed by atoms with Crippen LogP contribution in [0.5, 0.6) is 0 Å². The number of carbonyl (C=O) groups excluding carboxylic acids is 1. The zero-order valence-corrected chi connectivity index (χ0v) is 6.85. The predicted octanol–water partition coefficient (Wildman–Crippen LogP) is 1.24. The molecule has 3 heteroatoms. The lowest BCUT2D eigenvalue weighted by molar-refractivity contribution is -0.119. The van der Waals surface area contributed by atoms with Crippen LogP contribution in [0.15, 0.2) is 11.5 Å². The van der Waals surface area contributed by atoms with Crippen molar-refractivity contribution >= 4 is 5.78 Å². The minimum atomic E-state index is 0.0515. The summed E-state index contributed by atoms with van der Waals surface area (Å²) in [6.45, 7) is 0. The van der Waals surface area contributed by atoms with Gasteiger partial charge in [-0.05, 0) is 6.42 Å². The summed E-state index contributed by atoms with van der Waals surface area (Å²) in [5.41, 5.74) is 0. The average molecular weight is 156 g/mol. The summed E-state index contributed by atoms with van der Waals surface area (Å²) in [7, 11) is 3.06. The second-order valence-electron chi connectivity index (χ2n) is 2.44. The molecule has 0 spiro atoms. The molecule has 0 aromatic heterocycles. The van der Waals surface area contributed by atoms with E-state index in [1.165, 1.54) is 7.11 Å².